The molecule has 0 nitrogen and oxygen atoms in total. The second-order valence-electron chi connectivity index (χ2n) is 4.84. The van der Waals surface area contributed by atoms with Crippen LogP contribution in [0.15, 0.2) is 0 Å². The summed E-state index contributed by atoms with van der Waals surface area (Å²) in [7, 11) is 0. The molecule has 2 unspecified atom stereocenters. The van der Waals surface area contributed by atoms with Gasteiger partial charge in [0.2, 0.25) is 0 Å². The molecular formula is C12H18F4. The van der Waals surface area contributed by atoms with Crippen molar-refractivity contribution in [1.82, 2.24) is 0 Å². The van der Waals surface area contributed by atoms with Crippen LogP contribution in [-0.4, -0.2) is 11.8 Å². The molecule has 4 heteroatoms. The zero-order chi connectivity index (χ0) is 12.4. The standard InChI is InChI=1S/C12H18F4/c1-3-5-10(12(14,15)16)9-6-4-7-11(2,13)8-9/h10H,1,3-8H2,2H3. The maximum absolute atomic E-state index is 13.7. The van der Waals surface area contributed by atoms with Crippen LogP contribution in [0.4, 0.5) is 17.6 Å². The van der Waals surface area contributed by atoms with Gasteiger partial charge in [0.25, 0.3) is 0 Å². The first-order chi connectivity index (χ1) is 7.26. The van der Waals surface area contributed by atoms with Crippen LogP contribution in [0.5, 0.6) is 0 Å². The quantitative estimate of drug-likeness (QED) is 0.627. The first-order valence-electron chi connectivity index (χ1n) is 5.66. The molecule has 94 valence electrons. The fourth-order valence-electron chi connectivity index (χ4n) is 2.44. The van der Waals surface area contributed by atoms with Crippen LogP contribution in [-0.2, 0) is 0 Å². The van der Waals surface area contributed by atoms with Gasteiger partial charge in [-0.15, -0.1) is 0 Å². The van der Waals surface area contributed by atoms with Gasteiger partial charge in [0.05, 0.1) is 5.92 Å². The van der Waals surface area contributed by atoms with Crippen molar-refractivity contribution in [2.24, 2.45) is 5.92 Å². The van der Waals surface area contributed by atoms with Crippen molar-refractivity contribution in [3.63, 3.8) is 0 Å². The molecule has 0 aliphatic heterocycles. The lowest BCUT2D eigenvalue weighted by Crippen LogP contribution is -2.36. The fraction of sp³-hybridized carbons (Fsp3) is 0.833. The van der Waals surface area contributed by atoms with Crippen LogP contribution in [0.1, 0.15) is 45.4 Å². The zero-order valence-electron chi connectivity index (χ0n) is 9.54. The highest BCUT2D eigenvalue weighted by Gasteiger charge is 2.47. The van der Waals surface area contributed by atoms with Crippen molar-refractivity contribution < 1.29 is 17.6 Å². The molecule has 1 rings (SSSR count). The molecule has 0 heterocycles. The van der Waals surface area contributed by atoms with Crippen molar-refractivity contribution in [2.75, 3.05) is 0 Å². The van der Waals surface area contributed by atoms with Gasteiger partial charge in [0.15, 0.2) is 0 Å². The fourth-order valence-corrected chi connectivity index (χ4v) is 2.44. The molecule has 16 heavy (non-hydrogen) atoms. The molecular weight excluding hydrogens is 220 g/mol. The Kier molecular flexibility index (Phi) is 4.24. The highest BCUT2D eigenvalue weighted by Crippen LogP contribution is 2.47. The molecule has 2 radical (unpaired) electrons. The van der Waals surface area contributed by atoms with E-state index in [0.717, 1.165) is 0 Å². The van der Waals surface area contributed by atoms with E-state index >= 15 is 0 Å². The Morgan fingerprint density at radius 3 is 2.50 bits per heavy atom. The van der Waals surface area contributed by atoms with Crippen molar-refractivity contribution in [2.45, 2.75) is 57.3 Å². The van der Waals surface area contributed by atoms with Crippen LogP contribution in [0.2, 0.25) is 0 Å². The molecule has 0 saturated heterocycles. The molecule has 1 saturated carbocycles. The van der Waals surface area contributed by atoms with Crippen LogP contribution >= 0.6 is 0 Å². The van der Waals surface area contributed by atoms with Crippen LogP contribution in [0, 0.1) is 18.8 Å². The number of hydrogen-bond acceptors (Lipinski definition) is 0. The van der Waals surface area contributed by atoms with Gasteiger partial charge in [0, 0.05) is 0 Å². The summed E-state index contributed by atoms with van der Waals surface area (Å²) in [6.45, 7) is 4.86. The Morgan fingerprint density at radius 2 is 2.06 bits per heavy atom. The Balaban J connectivity index is 2.71. The Bertz CT molecular complexity index is 220. The SMILES string of the molecule is [CH2]CCC([C]1CCCC(C)(F)C1)C(F)(F)F. The molecule has 0 aromatic heterocycles. The molecule has 1 fully saturated rings. The van der Waals surface area contributed by atoms with E-state index in [4.69, 9.17) is 0 Å². The van der Waals surface area contributed by atoms with E-state index < -0.39 is 17.8 Å². The second-order valence-corrected chi connectivity index (χ2v) is 4.84. The zero-order valence-corrected chi connectivity index (χ0v) is 9.54. The minimum absolute atomic E-state index is 0.0189. The van der Waals surface area contributed by atoms with Gasteiger partial charge in [0.1, 0.15) is 5.67 Å². The van der Waals surface area contributed by atoms with E-state index in [1.807, 2.05) is 0 Å². The second kappa shape index (κ2) is 4.92. The molecule has 1 aliphatic carbocycles. The van der Waals surface area contributed by atoms with Crippen molar-refractivity contribution >= 4 is 0 Å². The van der Waals surface area contributed by atoms with E-state index in [1.165, 1.54) is 6.92 Å². The van der Waals surface area contributed by atoms with Crippen molar-refractivity contribution in [3.8, 4) is 0 Å². The first kappa shape index (κ1) is 13.8. The third-order valence-corrected chi connectivity index (χ3v) is 3.17. The van der Waals surface area contributed by atoms with Crippen LogP contribution in [0.3, 0.4) is 0 Å². The van der Waals surface area contributed by atoms with Gasteiger partial charge in [-0.2, -0.15) is 13.2 Å². The highest BCUT2D eigenvalue weighted by molar-refractivity contribution is 5.07. The summed E-state index contributed by atoms with van der Waals surface area (Å²) in [6, 6.07) is 0. The minimum Gasteiger partial charge on any atom is -0.244 e. The maximum Gasteiger partial charge on any atom is 0.392 e. The maximum atomic E-state index is 13.7. The predicted octanol–water partition coefficient (Wildman–Crippen LogP) is 4.66. The molecule has 0 spiro atoms. The van der Waals surface area contributed by atoms with Gasteiger partial charge < -0.3 is 0 Å². The summed E-state index contributed by atoms with van der Waals surface area (Å²) in [5.74, 6) is -1.13. The third kappa shape index (κ3) is 3.63. The van der Waals surface area contributed by atoms with E-state index in [0.29, 0.717) is 25.2 Å². The van der Waals surface area contributed by atoms with E-state index in [2.05, 4.69) is 6.92 Å². The molecule has 0 N–H and O–H groups in total. The lowest BCUT2D eigenvalue weighted by atomic mass is 9.73. The molecule has 1 aliphatic rings. The highest BCUT2D eigenvalue weighted by atomic mass is 19.4. The average molecular weight is 238 g/mol. The minimum atomic E-state index is -4.25. The molecule has 0 aromatic carbocycles. The van der Waals surface area contributed by atoms with E-state index in [9.17, 15) is 17.6 Å². The van der Waals surface area contributed by atoms with Crippen molar-refractivity contribution in [3.05, 3.63) is 12.8 Å². The van der Waals surface area contributed by atoms with Gasteiger partial charge in [-0.1, -0.05) is 13.3 Å². The number of rotatable bonds is 3. The topological polar surface area (TPSA) is 0 Å². The van der Waals surface area contributed by atoms with Crippen LogP contribution in [0.25, 0.3) is 0 Å². The lowest BCUT2D eigenvalue weighted by Gasteiger charge is -2.36. The Labute approximate surface area is 94.4 Å². The molecule has 0 bridgehead atoms. The summed E-state index contributed by atoms with van der Waals surface area (Å²) >= 11 is 0. The smallest absolute Gasteiger partial charge is 0.244 e. The first-order valence-corrected chi connectivity index (χ1v) is 5.66. The average Bonchev–Trinajstić information content (AvgIpc) is 2.10. The van der Waals surface area contributed by atoms with Crippen LogP contribution < -0.4 is 0 Å². The largest absolute Gasteiger partial charge is 0.392 e. The monoisotopic (exact) mass is 238 g/mol. The Hall–Kier alpha value is -0.280. The Morgan fingerprint density at radius 1 is 1.44 bits per heavy atom. The predicted molar refractivity (Wildman–Crippen MR) is 55.4 cm³/mol. The van der Waals surface area contributed by atoms with E-state index in [-0.39, 0.29) is 19.3 Å². The summed E-state index contributed by atoms with van der Waals surface area (Å²) < 4.78 is 52.0. The summed E-state index contributed by atoms with van der Waals surface area (Å²) in [5, 5.41) is 0. The van der Waals surface area contributed by atoms with Crippen molar-refractivity contribution in [1.29, 1.82) is 0 Å². The molecule has 0 amide bonds. The number of alkyl halides is 4. The number of hydrogen-bond donors (Lipinski definition) is 0. The van der Waals surface area contributed by atoms with Gasteiger partial charge in [-0.3, -0.25) is 0 Å². The van der Waals surface area contributed by atoms with Gasteiger partial charge in [-0.25, -0.2) is 4.39 Å². The van der Waals surface area contributed by atoms with E-state index in [1.54, 1.807) is 0 Å². The summed E-state index contributed by atoms with van der Waals surface area (Å²) in [4.78, 5) is 0. The summed E-state index contributed by atoms with van der Waals surface area (Å²) in [6.07, 6.45) is -2.79. The molecule has 2 atom stereocenters. The third-order valence-electron chi connectivity index (χ3n) is 3.17. The summed E-state index contributed by atoms with van der Waals surface area (Å²) in [5.41, 5.74) is -1.46. The van der Waals surface area contributed by atoms with Gasteiger partial charge >= 0.3 is 6.18 Å². The normalized spacial score (nSPS) is 30.4. The number of halogens is 4. The van der Waals surface area contributed by atoms with Gasteiger partial charge in [-0.05, 0) is 44.9 Å². The molecule has 0 aromatic rings. The lowest BCUT2D eigenvalue weighted by molar-refractivity contribution is -0.175.